The van der Waals surface area contributed by atoms with Crippen LogP contribution in [0, 0.1) is 5.82 Å². The monoisotopic (exact) mass is 291 g/mol. The molecular weight excluding hydrogens is 277 g/mol. The normalized spacial score (nSPS) is 12.1. The lowest BCUT2D eigenvalue weighted by molar-refractivity contribution is -0.124. The zero-order valence-electron chi connectivity index (χ0n) is 11.4. The third-order valence-corrected chi connectivity index (χ3v) is 3.20. The number of nitrogens with one attached hydrogen (secondary N) is 1. The predicted molar refractivity (Wildman–Crippen MR) is 74.4 cm³/mol. The van der Waals surface area contributed by atoms with Crippen LogP contribution in [0.5, 0.6) is 0 Å². The van der Waals surface area contributed by atoms with Crippen molar-refractivity contribution < 1.29 is 14.0 Å². The zero-order chi connectivity index (χ0) is 15.4. The molecule has 21 heavy (non-hydrogen) atoms. The van der Waals surface area contributed by atoms with Crippen molar-refractivity contribution in [2.45, 2.75) is 18.9 Å². The van der Waals surface area contributed by atoms with Crippen molar-refractivity contribution in [3.63, 3.8) is 0 Å². The fourth-order valence-electron chi connectivity index (χ4n) is 2.13. The third kappa shape index (κ3) is 2.81. The summed E-state index contributed by atoms with van der Waals surface area (Å²) in [6, 6.07) is 3.22. The van der Waals surface area contributed by atoms with Gasteiger partial charge in [-0.2, -0.15) is 5.10 Å². The lowest BCUT2D eigenvalue weighted by Crippen LogP contribution is -2.37. The van der Waals surface area contributed by atoms with Crippen LogP contribution in [-0.2, 0) is 9.59 Å². The third-order valence-electron chi connectivity index (χ3n) is 3.20. The summed E-state index contributed by atoms with van der Waals surface area (Å²) in [6.07, 6.45) is 2.15. The van der Waals surface area contributed by atoms with Gasteiger partial charge in [0.2, 0.25) is 5.91 Å². The second-order valence-electron chi connectivity index (χ2n) is 4.47. The number of halogens is 1. The molecule has 2 rings (SSSR count). The maximum absolute atomic E-state index is 13.6. The summed E-state index contributed by atoms with van der Waals surface area (Å²) in [5, 5.41) is 6.55. The molecular formula is C14H14FN3O3. The fraction of sp³-hybridized carbons (Fsp3) is 0.286. The van der Waals surface area contributed by atoms with Gasteiger partial charge in [-0.1, -0.05) is 6.07 Å². The van der Waals surface area contributed by atoms with E-state index < -0.39 is 23.3 Å². The SMILES string of the molecule is CNC(=O)C(CCC=O)n1ncc2c(F)cccc2c1=O. The number of amides is 1. The summed E-state index contributed by atoms with van der Waals surface area (Å²) in [4.78, 5) is 34.7. The molecule has 1 heterocycles. The van der Waals surface area contributed by atoms with Crippen LogP contribution in [0.15, 0.2) is 29.2 Å². The molecule has 1 aromatic heterocycles. The van der Waals surface area contributed by atoms with Crippen molar-refractivity contribution in [3.05, 3.63) is 40.6 Å². The van der Waals surface area contributed by atoms with E-state index in [1.807, 2.05) is 0 Å². The number of rotatable bonds is 5. The molecule has 0 aliphatic rings. The van der Waals surface area contributed by atoms with E-state index >= 15 is 0 Å². The first-order valence-corrected chi connectivity index (χ1v) is 6.41. The zero-order valence-corrected chi connectivity index (χ0v) is 11.4. The highest BCUT2D eigenvalue weighted by Crippen LogP contribution is 2.15. The van der Waals surface area contributed by atoms with Gasteiger partial charge in [0.15, 0.2) is 0 Å². The Morgan fingerprint density at radius 1 is 1.48 bits per heavy atom. The van der Waals surface area contributed by atoms with Gasteiger partial charge in [0.25, 0.3) is 5.56 Å². The van der Waals surface area contributed by atoms with Crippen LogP contribution in [0.1, 0.15) is 18.9 Å². The smallest absolute Gasteiger partial charge is 0.275 e. The molecule has 0 aliphatic heterocycles. The summed E-state index contributed by atoms with van der Waals surface area (Å²) in [5.74, 6) is -0.976. The minimum atomic E-state index is -0.902. The highest BCUT2D eigenvalue weighted by molar-refractivity contribution is 5.83. The summed E-state index contributed by atoms with van der Waals surface area (Å²) in [7, 11) is 1.43. The predicted octanol–water partition coefficient (Wildman–Crippen LogP) is 0.802. The Labute approximate surface area is 119 Å². The molecule has 6 nitrogen and oxygen atoms in total. The summed E-state index contributed by atoms with van der Waals surface area (Å²) in [6.45, 7) is 0. The fourth-order valence-corrected chi connectivity index (χ4v) is 2.13. The Hall–Kier alpha value is -2.57. The quantitative estimate of drug-likeness (QED) is 0.826. The number of hydrogen-bond donors (Lipinski definition) is 1. The van der Waals surface area contributed by atoms with Crippen LogP contribution in [0.4, 0.5) is 4.39 Å². The van der Waals surface area contributed by atoms with E-state index in [2.05, 4.69) is 10.4 Å². The number of likely N-dealkylation sites (N-methyl/N-ethyl adjacent to an activating group) is 1. The van der Waals surface area contributed by atoms with Crippen LogP contribution >= 0.6 is 0 Å². The number of fused-ring (bicyclic) bond motifs is 1. The molecule has 1 atom stereocenters. The van der Waals surface area contributed by atoms with E-state index in [1.165, 1.54) is 31.4 Å². The lowest BCUT2D eigenvalue weighted by Gasteiger charge is -2.16. The molecule has 0 saturated heterocycles. The molecule has 0 fully saturated rings. The summed E-state index contributed by atoms with van der Waals surface area (Å²) < 4.78 is 14.6. The number of nitrogens with zero attached hydrogens (tertiary/aromatic N) is 2. The first kappa shape index (κ1) is 14.8. The van der Waals surface area contributed by atoms with Crippen molar-refractivity contribution >= 4 is 23.0 Å². The Bertz CT molecular complexity index is 742. The number of carbonyl (C=O) groups is 2. The van der Waals surface area contributed by atoms with Crippen molar-refractivity contribution in [2.24, 2.45) is 0 Å². The second-order valence-corrected chi connectivity index (χ2v) is 4.47. The van der Waals surface area contributed by atoms with Gasteiger partial charge < -0.3 is 10.1 Å². The minimum Gasteiger partial charge on any atom is -0.357 e. The standard InChI is InChI=1S/C14H14FN3O3/c1-16-13(20)12(6-3-7-19)18-14(21)9-4-2-5-11(15)10(9)8-17-18/h2,4-5,7-8,12H,3,6H2,1H3,(H,16,20). The topological polar surface area (TPSA) is 81.1 Å². The minimum absolute atomic E-state index is 0.102. The van der Waals surface area contributed by atoms with Gasteiger partial charge >= 0.3 is 0 Å². The largest absolute Gasteiger partial charge is 0.357 e. The van der Waals surface area contributed by atoms with Crippen molar-refractivity contribution in [1.29, 1.82) is 0 Å². The van der Waals surface area contributed by atoms with E-state index in [1.54, 1.807) is 0 Å². The molecule has 0 bridgehead atoms. The maximum atomic E-state index is 13.6. The summed E-state index contributed by atoms with van der Waals surface area (Å²) >= 11 is 0. The molecule has 1 aromatic carbocycles. The van der Waals surface area contributed by atoms with Gasteiger partial charge in [-0.25, -0.2) is 9.07 Å². The Morgan fingerprint density at radius 2 is 2.24 bits per heavy atom. The van der Waals surface area contributed by atoms with E-state index in [4.69, 9.17) is 0 Å². The average Bonchev–Trinajstić information content (AvgIpc) is 2.50. The van der Waals surface area contributed by atoms with Crippen LogP contribution in [0.3, 0.4) is 0 Å². The van der Waals surface area contributed by atoms with Crippen LogP contribution < -0.4 is 10.9 Å². The van der Waals surface area contributed by atoms with Crippen molar-refractivity contribution in [3.8, 4) is 0 Å². The molecule has 0 aliphatic carbocycles. The highest BCUT2D eigenvalue weighted by Gasteiger charge is 2.22. The average molecular weight is 291 g/mol. The van der Waals surface area contributed by atoms with Gasteiger partial charge in [0, 0.05) is 18.9 Å². The Kier molecular flexibility index (Phi) is 4.42. The number of benzene rings is 1. The molecule has 0 radical (unpaired) electrons. The van der Waals surface area contributed by atoms with Crippen LogP contribution in [0.25, 0.3) is 10.8 Å². The molecule has 110 valence electrons. The van der Waals surface area contributed by atoms with Crippen molar-refractivity contribution in [1.82, 2.24) is 15.1 Å². The molecule has 7 heteroatoms. The number of carbonyl (C=O) groups excluding carboxylic acids is 2. The van der Waals surface area contributed by atoms with Gasteiger partial charge in [-0.15, -0.1) is 0 Å². The number of hydrogen-bond acceptors (Lipinski definition) is 4. The van der Waals surface area contributed by atoms with E-state index in [0.29, 0.717) is 6.29 Å². The lowest BCUT2D eigenvalue weighted by atomic mass is 10.1. The molecule has 2 aromatic rings. The van der Waals surface area contributed by atoms with E-state index in [0.717, 1.165) is 4.68 Å². The van der Waals surface area contributed by atoms with Gasteiger partial charge in [0.05, 0.1) is 11.6 Å². The number of aldehydes is 1. The Balaban J connectivity index is 2.58. The molecule has 1 amide bonds. The van der Waals surface area contributed by atoms with Crippen LogP contribution in [-0.4, -0.2) is 29.0 Å². The first-order valence-electron chi connectivity index (χ1n) is 6.41. The molecule has 1 N–H and O–H groups in total. The maximum Gasteiger partial charge on any atom is 0.275 e. The molecule has 1 unspecified atom stereocenters. The van der Waals surface area contributed by atoms with E-state index in [9.17, 15) is 18.8 Å². The molecule has 0 spiro atoms. The Morgan fingerprint density at radius 3 is 2.90 bits per heavy atom. The van der Waals surface area contributed by atoms with Gasteiger partial charge in [-0.05, 0) is 18.6 Å². The number of aromatic nitrogens is 2. The highest BCUT2D eigenvalue weighted by atomic mass is 19.1. The summed E-state index contributed by atoms with van der Waals surface area (Å²) in [5.41, 5.74) is -0.563. The van der Waals surface area contributed by atoms with Gasteiger partial charge in [0.1, 0.15) is 18.1 Å². The first-order chi connectivity index (χ1) is 10.1. The molecule has 0 saturated carbocycles. The van der Waals surface area contributed by atoms with E-state index in [-0.39, 0.29) is 23.6 Å². The van der Waals surface area contributed by atoms with Crippen molar-refractivity contribution in [2.75, 3.05) is 7.05 Å². The van der Waals surface area contributed by atoms with Crippen LogP contribution in [0.2, 0.25) is 0 Å². The van der Waals surface area contributed by atoms with Gasteiger partial charge in [-0.3, -0.25) is 9.59 Å². The second kappa shape index (κ2) is 6.25.